The van der Waals surface area contributed by atoms with Crippen molar-refractivity contribution >= 4 is 75.0 Å². The highest BCUT2D eigenvalue weighted by atomic mass is 32.2. The average molecular weight is 814 g/mol. The Morgan fingerprint density at radius 2 is 1.70 bits per heavy atom. The second-order valence-corrected chi connectivity index (χ2v) is 17.8. The molecule has 1 aliphatic heterocycles. The number of benzene rings is 3. The van der Waals surface area contributed by atoms with Crippen molar-refractivity contribution in [2.75, 3.05) is 49.7 Å². The SMILES string of the molecule is CCN(CC)CC.COc1cc2sc(/C=C(C)/C=C3\Oc4ccc(-c5ccccc5)cc4N3CCCS(=O)(=O)O)[n+](CCCS(=O)(=O)[O-])c2c2sccc12. The van der Waals surface area contributed by atoms with Gasteiger partial charge in [0.1, 0.15) is 15.1 Å². The van der Waals surface area contributed by atoms with Crippen molar-refractivity contribution in [3.05, 3.63) is 88.6 Å². The van der Waals surface area contributed by atoms with E-state index in [-0.39, 0.29) is 25.1 Å². The number of allylic oxidation sites excluding steroid dienone is 2. The Hall–Kier alpha value is -3.83. The number of rotatable bonds is 15. The van der Waals surface area contributed by atoms with Crippen molar-refractivity contribution in [2.24, 2.45) is 0 Å². The van der Waals surface area contributed by atoms with Gasteiger partial charge >= 0.3 is 0 Å². The highest BCUT2D eigenvalue weighted by Crippen LogP contribution is 2.42. The molecular weight excluding hydrogens is 767 g/mol. The molecule has 0 aliphatic carbocycles. The summed E-state index contributed by atoms with van der Waals surface area (Å²) in [5.74, 6) is 1.01. The van der Waals surface area contributed by atoms with Gasteiger partial charge in [-0.2, -0.15) is 13.0 Å². The fourth-order valence-electron chi connectivity index (χ4n) is 6.33. The number of hydrogen-bond donors (Lipinski definition) is 1. The van der Waals surface area contributed by atoms with E-state index in [2.05, 4.69) is 25.7 Å². The zero-order valence-electron chi connectivity index (χ0n) is 31.1. The summed E-state index contributed by atoms with van der Waals surface area (Å²) in [6.07, 6.45) is 4.18. The molecular formula is C39H47N3O8S4. The first kappa shape index (κ1) is 41.3. The van der Waals surface area contributed by atoms with Crippen LogP contribution in [0.2, 0.25) is 0 Å². The topological polar surface area (TPSA) is 140 Å². The Kier molecular flexibility index (Phi) is 13.9. The Bertz CT molecular complexity index is 2340. The maximum atomic E-state index is 11.5. The van der Waals surface area contributed by atoms with Crippen LogP contribution in [-0.2, 0) is 26.8 Å². The van der Waals surface area contributed by atoms with Gasteiger partial charge in [0.2, 0.25) is 11.4 Å². The lowest BCUT2D eigenvalue weighted by Gasteiger charge is -2.18. The molecule has 11 nitrogen and oxygen atoms in total. The van der Waals surface area contributed by atoms with Crippen molar-refractivity contribution in [2.45, 2.75) is 47.1 Å². The van der Waals surface area contributed by atoms with Gasteiger partial charge < -0.3 is 23.8 Å². The summed E-state index contributed by atoms with van der Waals surface area (Å²) in [4.78, 5) is 4.28. The second-order valence-electron chi connectivity index (χ2n) is 12.7. The van der Waals surface area contributed by atoms with Crippen molar-refractivity contribution in [3.8, 4) is 22.6 Å². The first-order valence-electron chi connectivity index (χ1n) is 17.8. The molecule has 0 bridgehead atoms. The van der Waals surface area contributed by atoms with E-state index in [4.69, 9.17) is 9.47 Å². The molecule has 3 heterocycles. The van der Waals surface area contributed by atoms with Crippen LogP contribution in [-0.4, -0.2) is 75.6 Å². The number of fused-ring (bicyclic) bond motifs is 4. The van der Waals surface area contributed by atoms with Gasteiger partial charge in [-0.05, 0) is 73.3 Å². The number of ether oxygens (including phenoxy) is 2. The van der Waals surface area contributed by atoms with Gasteiger partial charge in [0, 0.05) is 42.3 Å². The van der Waals surface area contributed by atoms with Gasteiger partial charge in [0.25, 0.3) is 15.1 Å². The van der Waals surface area contributed by atoms with E-state index >= 15 is 0 Å². The van der Waals surface area contributed by atoms with E-state index in [1.807, 2.05) is 94.6 Å². The minimum atomic E-state index is -4.37. The van der Waals surface area contributed by atoms with Crippen LogP contribution in [0.5, 0.6) is 11.5 Å². The van der Waals surface area contributed by atoms with E-state index in [1.54, 1.807) is 18.4 Å². The monoisotopic (exact) mass is 813 g/mol. The van der Waals surface area contributed by atoms with Crippen LogP contribution in [0.4, 0.5) is 5.69 Å². The number of anilines is 1. The summed E-state index contributed by atoms with van der Waals surface area (Å²) in [6.45, 7) is 12.7. The molecule has 0 atom stereocenters. The fourth-order valence-corrected chi connectivity index (χ4v) is 9.58. The molecule has 6 rings (SSSR count). The molecule has 3 aromatic carbocycles. The molecule has 0 saturated heterocycles. The molecule has 0 radical (unpaired) electrons. The Morgan fingerprint density at radius 3 is 2.33 bits per heavy atom. The van der Waals surface area contributed by atoms with Gasteiger partial charge in [-0.15, -0.1) is 11.3 Å². The fraction of sp³-hybridized carbons (Fsp3) is 0.359. The van der Waals surface area contributed by atoms with Crippen molar-refractivity contribution in [3.63, 3.8) is 0 Å². The summed E-state index contributed by atoms with van der Waals surface area (Å²) >= 11 is 3.09. The molecule has 0 unspecified atom stereocenters. The van der Waals surface area contributed by atoms with E-state index in [0.29, 0.717) is 18.2 Å². The predicted molar refractivity (Wildman–Crippen MR) is 219 cm³/mol. The van der Waals surface area contributed by atoms with E-state index in [9.17, 15) is 25.9 Å². The number of aromatic nitrogens is 1. The van der Waals surface area contributed by atoms with Crippen LogP contribution >= 0.6 is 22.7 Å². The quantitative estimate of drug-likeness (QED) is 0.0823. The van der Waals surface area contributed by atoms with E-state index in [0.717, 1.165) is 53.4 Å². The molecule has 290 valence electrons. The minimum Gasteiger partial charge on any atom is -0.748 e. The molecule has 0 saturated carbocycles. The zero-order valence-corrected chi connectivity index (χ0v) is 34.4. The maximum absolute atomic E-state index is 11.5. The lowest BCUT2D eigenvalue weighted by Crippen LogP contribution is -2.36. The summed E-state index contributed by atoms with van der Waals surface area (Å²) in [5.41, 5.74) is 4.55. The molecule has 54 heavy (non-hydrogen) atoms. The molecule has 1 aliphatic rings. The van der Waals surface area contributed by atoms with Gasteiger partial charge in [-0.3, -0.25) is 4.55 Å². The standard InChI is InChI=1S/C33H32N2O8S4.C6H15N/c1-22(19-31-35(14-7-17-47(39,40)41)32-29(45-31)21-28(42-2)25-12-15-44-33(25)32)18-30-34(13-6-16-46(36,37)38)26-20-24(10-11-27(26)43-30)23-8-4-3-5-9-23;1-4-7(5-2)6-3/h3-5,8-12,15,18-21H,6-7,13-14,16-17H2,1-2H3,(H-,36,37,38,39,40,41);4-6H2,1-3H3. The van der Waals surface area contributed by atoms with Crippen LogP contribution in [0.25, 0.3) is 37.5 Å². The molecule has 0 fully saturated rings. The maximum Gasteiger partial charge on any atom is 0.264 e. The smallest absolute Gasteiger partial charge is 0.264 e. The van der Waals surface area contributed by atoms with Crippen molar-refractivity contribution < 1.29 is 40.0 Å². The highest BCUT2D eigenvalue weighted by molar-refractivity contribution is 7.85. The number of nitrogens with zero attached hydrogens (tertiary/aromatic N) is 3. The van der Waals surface area contributed by atoms with Gasteiger partial charge in [-0.1, -0.05) is 68.5 Å². The Balaban J connectivity index is 0.000000730. The van der Waals surface area contributed by atoms with Crippen LogP contribution in [0.1, 0.15) is 45.5 Å². The molecule has 0 spiro atoms. The Morgan fingerprint density at radius 1 is 0.981 bits per heavy atom. The van der Waals surface area contributed by atoms with Gasteiger partial charge in [-0.25, -0.2) is 8.42 Å². The summed E-state index contributed by atoms with van der Waals surface area (Å²) in [6, 6.07) is 19.7. The van der Waals surface area contributed by atoms with E-state index in [1.165, 1.54) is 31.0 Å². The van der Waals surface area contributed by atoms with Crippen LogP contribution < -0.4 is 18.9 Å². The second kappa shape index (κ2) is 18.2. The van der Waals surface area contributed by atoms with Crippen molar-refractivity contribution in [1.82, 2.24) is 4.90 Å². The summed E-state index contributed by atoms with van der Waals surface area (Å²) < 4.78 is 82.6. The van der Waals surface area contributed by atoms with Crippen LogP contribution in [0.3, 0.4) is 0 Å². The normalized spacial score (nSPS) is 14.1. The van der Waals surface area contributed by atoms with Gasteiger partial charge in [0.15, 0.2) is 12.3 Å². The minimum absolute atomic E-state index is 0.159. The third-order valence-corrected chi connectivity index (χ3v) is 12.6. The molecule has 2 aromatic heterocycles. The molecule has 5 aromatic rings. The first-order valence-corrected chi connectivity index (χ1v) is 22.7. The van der Waals surface area contributed by atoms with Gasteiger partial charge in [0.05, 0.1) is 28.7 Å². The third kappa shape index (κ3) is 10.5. The number of methoxy groups -OCH3 is 1. The number of hydrogen-bond acceptors (Lipinski definition) is 11. The summed E-state index contributed by atoms with van der Waals surface area (Å²) in [7, 11) is -6.89. The zero-order chi connectivity index (χ0) is 39.0. The predicted octanol–water partition coefficient (Wildman–Crippen LogP) is 7.78. The third-order valence-electron chi connectivity index (χ3n) is 9.05. The highest BCUT2D eigenvalue weighted by Gasteiger charge is 2.28. The summed E-state index contributed by atoms with van der Waals surface area (Å²) in [5, 5.41) is 3.78. The number of thiophene rings is 1. The van der Waals surface area contributed by atoms with Crippen molar-refractivity contribution in [1.29, 1.82) is 0 Å². The Labute approximate surface area is 326 Å². The average Bonchev–Trinajstić information content (AvgIpc) is 3.84. The van der Waals surface area contributed by atoms with Crippen LogP contribution in [0, 0.1) is 0 Å². The van der Waals surface area contributed by atoms with Crippen LogP contribution in [0.15, 0.2) is 83.6 Å². The van der Waals surface area contributed by atoms with E-state index < -0.39 is 26.0 Å². The lowest BCUT2D eigenvalue weighted by atomic mass is 10.0. The lowest BCUT2D eigenvalue weighted by molar-refractivity contribution is -0.667. The molecule has 15 heteroatoms. The molecule has 0 amide bonds. The number of thiazole rings is 1. The molecule has 1 N–H and O–H groups in total. The largest absolute Gasteiger partial charge is 0.748 e. The number of aryl methyl sites for hydroxylation is 1. The first-order chi connectivity index (χ1) is 25.7.